The maximum Gasteiger partial charge on any atom is 0.246 e. The van der Waals surface area contributed by atoms with Crippen molar-refractivity contribution < 1.29 is 9.18 Å². The molecule has 0 saturated carbocycles. The molecule has 1 aromatic heterocycles. The van der Waals surface area contributed by atoms with Crippen LogP contribution >= 0.6 is 0 Å². The fourth-order valence-electron chi connectivity index (χ4n) is 3.53. The zero-order chi connectivity index (χ0) is 21.7. The lowest BCUT2D eigenvalue weighted by atomic mass is 10.1. The second kappa shape index (κ2) is 9.71. The molecule has 1 atom stereocenters. The normalized spacial score (nSPS) is 16.3. The van der Waals surface area contributed by atoms with E-state index >= 15 is 0 Å². The third kappa shape index (κ3) is 5.15. The van der Waals surface area contributed by atoms with Crippen molar-refractivity contribution in [3.63, 3.8) is 0 Å². The number of nitrogens with one attached hydrogen (secondary N) is 1. The summed E-state index contributed by atoms with van der Waals surface area (Å²) in [7, 11) is 5.79. The number of halogens is 1. The Morgan fingerprint density at radius 3 is 2.60 bits per heavy atom. The van der Waals surface area contributed by atoms with Gasteiger partial charge in [0.2, 0.25) is 5.91 Å². The van der Waals surface area contributed by atoms with Crippen molar-refractivity contribution in [3.8, 4) is 0 Å². The Labute approximate surface area is 177 Å². The number of anilines is 1. The number of piperazine rings is 1. The summed E-state index contributed by atoms with van der Waals surface area (Å²) in [6.07, 6.45) is 3.55. The van der Waals surface area contributed by atoms with Gasteiger partial charge in [0.1, 0.15) is 12.4 Å². The Bertz CT molecular complexity index is 878. The lowest BCUT2D eigenvalue weighted by molar-refractivity contribution is -0.120. The molecule has 1 saturated heterocycles. The third-order valence-electron chi connectivity index (χ3n) is 5.15. The summed E-state index contributed by atoms with van der Waals surface area (Å²) in [5.41, 5.74) is 1.81. The highest BCUT2D eigenvalue weighted by atomic mass is 19.1. The molecule has 0 aliphatic carbocycles. The Balaban J connectivity index is 1.72. The van der Waals surface area contributed by atoms with Crippen molar-refractivity contribution in [2.24, 2.45) is 12.0 Å². The van der Waals surface area contributed by atoms with E-state index in [-0.39, 0.29) is 24.3 Å². The number of carbonyl (C=O) groups is 1. The highest BCUT2D eigenvalue weighted by Crippen LogP contribution is 2.20. The third-order valence-corrected chi connectivity index (χ3v) is 5.15. The molecule has 9 heteroatoms. The fourth-order valence-corrected chi connectivity index (χ4v) is 3.53. The van der Waals surface area contributed by atoms with E-state index < -0.39 is 0 Å². The predicted molar refractivity (Wildman–Crippen MR) is 116 cm³/mol. The number of amides is 1. The molecule has 0 radical (unpaired) electrons. The second-order valence-corrected chi connectivity index (χ2v) is 7.56. The van der Waals surface area contributed by atoms with E-state index in [1.807, 2.05) is 39.2 Å². The molecule has 0 bridgehead atoms. The van der Waals surface area contributed by atoms with Crippen molar-refractivity contribution in [3.05, 3.63) is 48.0 Å². The van der Waals surface area contributed by atoms with E-state index in [1.165, 1.54) is 12.1 Å². The number of hydrogen-bond acceptors (Lipinski definition) is 4. The minimum absolute atomic E-state index is 0.00615. The first-order valence-corrected chi connectivity index (χ1v) is 10.1. The molecular formula is C21H30FN7O. The van der Waals surface area contributed by atoms with E-state index in [1.54, 1.807) is 27.9 Å². The van der Waals surface area contributed by atoms with Crippen LogP contribution in [0.4, 0.5) is 10.1 Å². The second-order valence-electron chi connectivity index (χ2n) is 7.56. The first-order chi connectivity index (χ1) is 14.4. The maximum absolute atomic E-state index is 13.3. The summed E-state index contributed by atoms with van der Waals surface area (Å²) in [6, 6.07) is 6.53. The number of aromatic nitrogens is 2. The predicted octanol–water partition coefficient (Wildman–Crippen LogP) is 1.48. The van der Waals surface area contributed by atoms with Gasteiger partial charge in [0, 0.05) is 32.9 Å². The van der Waals surface area contributed by atoms with Gasteiger partial charge >= 0.3 is 0 Å². The number of aliphatic imine (C=N–C) groups is 1. The smallest absolute Gasteiger partial charge is 0.246 e. The van der Waals surface area contributed by atoms with E-state index in [9.17, 15) is 9.18 Å². The van der Waals surface area contributed by atoms with Crippen molar-refractivity contribution in [2.45, 2.75) is 13.0 Å². The monoisotopic (exact) mass is 415 g/mol. The molecule has 1 fully saturated rings. The molecule has 162 valence electrons. The molecule has 30 heavy (non-hydrogen) atoms. The number of rotatable bonds is 6. The van der Waals surface area contributed by atoms with Crippen molar-refractivity contribution in [1.82, 2.24) is 24.9 Å². The number of nitrogens with zero attached hydrogens (tertiary/aromatic N) is 6. The van der Waals surface area contributed by atoms with Gasteiger partial charge in [-0.1, -0.05) is 12.1 Å². The molecule has 1 N–H and O–H groups in total. The number of hydrogen-bond donors (Lipinski definition) is 1. The van der Waals surface area contributed by atoms with Crippen molar-refractivity contribution in [1.29, 1.82) is 0 Å². The summed E-state index contributed by atoms with van der Waals surface area (Å²) in [5.74, 6) is 0.478. The molecule has 1 aliphatic rings. The van der Waals surface area contributed by atoms with E-state index in [2.05, 4.69) is 15.3 Å². The topological polar surface area (TPSA) is 69.0 Å². The maximum atomic E-state index is 13.3. The molecule has 0 spiro atoms. The zero-order valence-electron chi connectivity index (χ0n) is 18.0. The van der Waals surface area contributed by atoms with Crippen LogP contribution in [0, 0.1) is 5.82 Å². The molecule has 1 amide bonds. The SMILES string of the molecule is CCNC(=NCC(c1ccc(F)cc1)N(C)C)N1CCN(c2cnn(C)c2)C(=O)C1. The summed E-state index contributed by atoms with van der Waals surface area (Å²) in [4.78, 5) is 23.3. The first-order valence-electron chi connectivity index (χ1n) is 10.1. The van der Waals surface area contributed by atoms with Crippen LogP contribution in [-0.2, 0) is 11.8 Å². The standard InChI is InChI=1S/C21H30FN7O/c1-5-23-21(24-13-19(26(2)3)16-6-8-17(22)9-7-16)28-10-11-29(20(30)15-28)18-12-25-27(4)14-18/h6-9,12,14,19H,5,10-11,13,15H2,1-4H3,(H,23,24). The summed E-state index contributed by atoms with van der Waals surface area (Å²) < 4.78 is 15.0. The first kappa shape index (κ1) is 21.8. The van der Waals surface area contributed by atoms with Crippen molar-refractivity contribution >= 4 is 17.6 Å². The van der Waals surface area contributed by atoms with Gasteiger partial charge in [-0.15, -0.1) is 0 Å². The number of carbonyl (C=O) groups excluding carboxylic acids is 1. The van der Waals surface area contributed by atoms with Gasteiger partial charge in [-0.3, -0.25) is 14.5 Å². The Morgan fingerprint density at radius 1 is 1.30 bits per heavy atom. The largest absolute Gasteiger partial charge is 0.357 e. The summed E-state index contributed by atoms with van der Waals surface area (Å²) >= 11 is 0. The highest BCUT2D eigenvalue weighted by molar-refractivity contribution is 5.98. The zero-order valence-corrected chi connectivity index (χ0v) is 18.0. The van der Waals surface area contributed by atoms with Crippen molar-refractivity contribution in [2.75, 3.05) is 51.7 Å². The molecule has 3 rings (SSSR count). The fraction of sp³-hybridized carbons (Fsp3) is 0.476. The Kier molecular flexibility index (Phi) is 7.04. The van der Waals surface area contributed by atoms with Gasteiger partial charge in [-0.25, -0.2) is 4.39 Å². The van der Waals surface area contributed by atoms with Crippen LogP contribution in [0.1, 0.15) is 18.5 Å². The quantitative estimate of drug-likeness (QED) is 0.572. The van der Waals surface area contributed by atoms with Crippen LogP contribution in [0.15, 0.2) is 41.7 Å². The van der Waals surface area contributed by atoms with Gasteiger partial charge < -0.3 is 20.0 Å². The number of benzene rings is 1. The average Bonchev–Trinajstić information content (AvgIpc) is 3.14. The highest BCUT2D eigenvalue weighted by Gasteiger charge is 2.28. The van der Waals surface area contributed by atoms with Crippen LogP contribution in [0.5, 0.6) is 0 Å². The summed E-state index contributed by atoms with van der Waals surface area (Å²) in [5, 5.41) is 7.45. The number of aryl methyl sites for hydroxylation is 1. The van der Waals surface area contributed by atoms with Gasteiger partial charge in [0.15, 0.2) is 5.96 Å². The van der Waals surface area contributed by atoms with Gasteiger partial charge in [-0.05, 0) is 38.7 Å². The lowest BCUT2D eigenvalue weighted by Gasteiger charge is -2.35. The Hall–Kier alpha value is -2.94. The van der Waals surface area contributed by atoms with Gasteiger partial charge in [0.25, 0.3) is 0 Å². The minimum Gasteiger partial charge on any atom is -0.357 e. The summed E-state index contributed by atoms with van der Waals surface area (Å²) in [6.45, 7) is 4.72. The molecule has 1 unspecified atom stereocenters. The van der Waals surface area contributed by atoms with Gasteiger partial charge in [0.05, 0.1) is 24.5 Å². The molecule has 8 nitrogen and oxygen atoms in total. The minimum atomic E-state index is -0.252. The van der Waals surface area contributed by atoms with Crippen LogP contribution < -0.4 is 10.2 Å². The van der Waals surface area contributed by atoms with Gasteiger partial charge in [-0.2, -0.15) is 5.10 Å². The number of guanidine groups is 1. The van der Waals surface area contributed by atoms with Crippen LogP contribution in [-0.4, -0.2) is 78.3 Å². The van der Waals surface area contributed by atoms with E-state index in [4.69, 9.17) is 4.99 Å². The lowest BCUT2D eigenvalue weighted by Crippen LogP contribution is -2.55. The van der Waals surface area contributed by atoms with Crippen LogP contribution in [0.25, 0.3) is 0 Å². The molecule has 1 aliphatic heterocycles. The van der Waals surface area contributed by atoms with E-state index in [0.29, 0.717) is 32.1 Å². The molecule has 2 heterocycles. The average molecular weight is 416 g/mol. The molecule has 1 aromatic carbocycles. The van der Waals surface area contributed by atoms with Crippen LogP contribution in [0.2, 0.25) is 0 Å². The van der Waals surface area contributed by atoms with E-state index in [0.717, 1.165) is 11.3 Å². The molecule has 2 aromatic rings. The van der Waals surface area contributed by atoms with Crippen LogP contribution in [0.3, 0.4) is 0 Å². The molecular weight excluding hydrogens is 385 g/mol. The number of likely N-dealkylation sites (N-methyl/N-ethyl adjacent to an activating group) is 1. The Morgan fingerprint density at radius 2 is 2.03 bits per heavy atom.